The van der Waals surface area contributed by atoms with Gasteiger partial charge in [-0.2, -0.15) is 0 Å². The minimum Gasteiger partial charge on any atom is -0.342 e. The number of carbonyl (C=O) groups is 3. The molecule has 0 N–H and O–H groups in total. The number of likely N-dealkylation sites (tertiary alicyclic amines) is 2. The van der Waals surface area contributed by atoms with Crippen LogP contribution in [0.5, 0.6) is 0 Å². The van der Waals surface area contributed by atoms with Crippen LogP contribution in [0.1, 0.15) is 39.0 Å². The van der Waals surface area contributed by atoms with Crippen LogP contribution in [0, 0.1) is 17.8 Å². The topological polar surface area (TPSA) is 60.9 Å². The Morgan fingerprint density at radius 2 is 1.53 bits per heavy atom. The van der Waals surface area contributed by atoms with Crippen LogP contribution in [-0.4, -0.2) is 60.2 Å². The van der Waals surface area contributed by atoms with Gasteiger partial charge in [-0.3, -0.25) is 14.4 Å². The van der Waals surface area contributed by atoms with E-state index < -0.39 is 0 Å². The second kappa shape index (κ2) is 9.08. The zero-order valence-electron chi connectivity index (χ0n) is 17.6. The number of nitrogens with zero attached hydrogens (tertiary/aromatic N) is 3. The summed E-state index contributed by atoms with van der Waals surface area (Å²) >= 11 is 3.44. The van der Waals surface area contributed by atoms with Crippen LogP contribution in [0.4, 0.5) is 5.69 Å². The molecule has 1 atom stereocenters. The van der Waals surface area contributed by atoms with Crippen LogP contribution in [0.3, 0.4) is 0 Å². The van der Waals surface area contributed by atoms with Crippen molar-refractivity contribution >= 4 is 39.3 Å². The summed E-state index contributed by atoms with van der Waals surface area (Å²) in [6.45, 7) is 5.64. The van der Waals surface area contributed by atoms with Gasteiger partial charge in [-0.1, -0.05) is 28.9 Å². The summed E-state index contributed by atoms with van der Waals surface area (Å²) < 4.78 is 0.914. The average molecular weight is 476 g/mol. The third-order valence-electron chi connectivity index (χ3n) is 6.85. The second-order valence-electron chi connectivity index (χ2n) is 8.99. The van der Waals surface area contributed by atoms with E-state index in [1.807, 2.05) is 34.1 Å². The van der Waals surface area contributed by atoms with Crippen LogP contribution >= 0.6 is 15.9 Å². The number of benzene rings is 1. The third-order valence-corrected chi connectivity index (χ3v) is 7.34. The van der Waals surface area contributed by atoms with E-state index in [1.54, 1.807) is 4.90 Å². The lowest BCUT2D eigenvalue weighted by atomic mass is 9.92. The van der Waals surface area contributed by atoms with Crippen molar-refractivity contribution in [3.8, 4) is 0 Å². The van der Waals surface area contributed by atoms with Crippen LogP contribution < -0.4 is 4.90 Å². The summed E-state index contributed by atoms with van der Waals surface area (Å²) in [4.78, 5) is 44.0. The Bertz CT molecular complexity index is 814. The van der Waals surface area contributed by atoms with Gasteiger partial charge in [-0.15, -0.1) is 0 Å². The molecule has 3 aliphatic heterocycles. The molecular weight excluding hydrogens is 446 g/mol. The minimum atomic E-state index is -0.299. The number of anilines is 1. The Kier molecular flexibility index (Phi) is 6.46. The molecule has 0 bridgehead atoms. The highest BCUT2D eigenvalue weighted by Gasteiger charge is 2.39. The zero-order chi connectivity index (χ0) is 21.3. The van der Waals surface area contributed by atoms with Gasteiger partial charge in [0.15, 0.2) is 0 Å². The lowest BCUT2D eigenvalue weighted by Crippen LogP contribution is -2.47. The predicted molar refractivity (Wildman–Crippen MR) is 119 cm³/mol. The van der Waals surface area contributed by atoms with Gasteiger partial charge in [0.2, 0.25) is 17.7 Å². The van der Waals surface area contributed by atoms with Gasteiger partial charge in [0.1, 0.15) is 0 Å². The molecule has 3 amide bonds. The highest BCUT2D eigenvalue weighted by molar-refractivity contribution is 9.10. The molecule has 0 saturated carbocycles. The molecular formula is C23H30BrN3O3. The summed E-state index contributed by atoms with van der Waals surface area (Å²) in [5.41, 5.74) is 0.824. The zero-order valence-corrected chi connectivity index (χ0v) is 19.1. The van der Waals surface area contributed by atoms with Crippen molar-refractivity contribution < 1.29 is 14.4 Å². The maximum Gasteiger partial charge on any atom is 0.228 e. The molecule has 3 heterocycles. The minimum absolute atomic E-state index is 0.00385. The van der Waals surface area contributed by atoms with Crippen molar-refractivity contribution in [2.24, 2.45) is 17.8 Å². The van der Waals surface area contributed by atoms with Crippen molar-refractivity contribution in [1.29, 1.82) is 0 Å². The molecule has 3 saturated heterocycles. The van der Waals surface area contributed by atoms with Crippen LogP contribution in [-0.2, 0) is 14.4 Å². The Hall–Kier alpha value is -1.89. The van der Waals surface area contributed by atoms with Gasteiger partial charge in [-0.05, 0) is 49.8 Å². The normalized spacial score (nSPS) is 23.9. The Balaban J connectivity index is 1.30. The fourth-order valence-electron chi connectivity index (χ4n) is 4.86. The molecule has 162 valence electrons. The van der Waals surface area contributed by atoms with Gasteiger partial charge >= 0.3 is 0 Å². The van der Waals surface area contributed by atoms with Crippen molar-refractivity contribution in [3.63, 3.8) is 0 Å². The fraction of sp³-hybridized carbons (Fsp3) is 0.609. The second-order valence-corrected chi connectivity index (χ2v) is 9.91. The molecule has 1 aromatic carbocycles. The maximum atomic E-state index is 13.0. The highest BCUT2D eigenvalue weighted by Crippen LogP contribution is 2.30. The maximum absolute atomic E-state index is 13.0. The summed E-state index contributed by atoms with van der Waals surface area (Å²) in [6.07, 6.45) is 3.90. The van der Waals surface area contributed by atoms with E-state index in [9.17, 15) is 14.4 Å². The summed E-state index contributed by atoms with van der Waals surface area (Å²) in [6, 6.07) is 7.62. The monoisotopic (exact) mass is 475 g/mol. The van der Waals surface area contributed by atoms with Crippen molar-refractivity contribution in [2.45, 2.75) is 39.0 Å². The fourth-order valence-corrected chi connectivity index (χ4v) is 5.25. The Labute approximate surface area is 186 Å². The summed E-state index contributed by atoms with van der Waals surface area (Å²) in [5.74, 6) is 0.762. The first-order valence-corrected chi connectivity index (χ1v) is 11.8. The molecule has 3 aliphatic rings. The van der Waals surface area contributed by atoms with Gasteiger partial charge in [-0.25, -0.2) is 0 Å². The van der Waals surface area contributed by atoms with E-state index in [1.165, 1.54) is 0 Å². The molecule has 30 heavy (non-hydrogen) atoms. The van der Waals surface area contributed by atoms with Crippen LogP contribution in [0.2, 0.25) is 0 Å². The SMILES string of the molecule is CC1CCN(C(=O)C2CCN(C(=O)C3CC(=O)N(c4cccc(Br)c4)C3)CC2)CC1. The summed E-state index contributed by atoms with van der Waals surface area (Å²) in [5, 5.41) is 0. The third kappa shape index (κ3) is 4.56. The molecule has 4 rings (SSSR count). The van der Waals surface area contributed by atoms with Gasteiger partial charge in [0, 0.05) is 55.2 Å². The number of amides is 3. The lowest BCUT2D eigenvalue weighted by Gasteiger charge is -2.37. The highest BCUT2D eigenvalue weighted by atomic mass is 79.9. The standard InChI is InChI=1S/C23H30BrN3O3/c1-16-5-9-25(10-6-16)22(29)17-7-11-26(12-8-17)23(30)18-13-21(28)27(15-18)20-4-2-3-19(24)14-20/h2-4,14,16-18H,5-13,15H2,1H3. The smallest absolute Gasteiger partial charge is 0.228 e. The van der Waals surface area contributed by atoms with E-state index in [0.717, 1.165) is 48.9 Å². The molecule has 0 spiro atoms. The van der Waals surface area contributed by atoms with Gasteiger partial charge < -0.3 is 14.7 Å². The molecule has 0 radical (unpaired) electrons. The number of halogens is 1. The largest absolute Gasteiger partial charge is 0.342 e. The van der Waals surface area contributed by atoms with E-state index >= 15 is 0 Å². The van der Waals surface area contributed by atoms with Crippen LogP contribution in [0.25, 0.3) is 0 Å². The van der Waals surface area contributed by atoms with E-state index in [2.05, 4.69) is 22.9 Å². The quantitative estimate of drug-likeness (QED) is 0.673. The lowest BCUT2D eigenvalue weighted by molar-refractivity contribution is -0.143. The predicted octanol–water partition coefficient (Wildman–Crippen LogP) is 3.30. The molecule has 1 aromatic rings. The molecule has 6 nitrogen and oxygen atoms in total. The Morgan fingerprint density at radius 3 is 2.17 bits per heavy atom. The first-order chi connectivity index (χ1) is 14.4. The average Bonchev–Trinajstić information content (AvgIpc) is 3.15. The molecule has 0 aliphatic carbocycles. The number of carbonyl (C=O) groups excluding carboxylic acids is 3. The first kappa shape index (κ1) is 21.3. The number of hydrogen-bond acceptors (Lipinski definition) is 3. The first-order valence-electron chi connectivity index (χ1n) is 11.1. The molecule has 0 aromatic heterocycles. The van der Waals surface area contributed by atoms with Crippen molar-refractivity contribution in [3.05, 3.63) is 28.7 Å². The molecule has 7 heteroatoms. The van der Waals surface area contributed by atoms with E-state index in [4.69, 9.17) is 0 Å². The number of piperidine rings is 2. The van der Waals surface area contributed by atoms with E-state index in [0.29, 0.717) is 25.6 Å². The van der Waals surface area contributed by atoms with Gasteiger partial charge in [0.05, 0.1) is 5.92 Å². The number of hydrogen-bond donors (Lipinski definition) is 0. The summed E-state index contributed by atoms with van der Waals surface area (Å²) in [7, 11) is 0. The van der Waals surface area contributed by atoms with Crippen molar-refractivity contribution in [2.75, 3.05) is 37.6 Å². The Morgan fingerprint density at radius 1 is 0.933 bits per heavy atom. The van der Waals surface area contributed by atoms with E-state index in [-0.39, 0.29) is 36.0 Å². The van der Waals surface area contributed by atoms with Crippen LogP contribution in [0.15, 0.2) is 28.7 Å². The van der Waals surface area contributed by atoms with Crippen molar-refractivity contribution in [1.82, 2.24) is 9.80 Å². The number of rotatable bonds is 3. The molecule has 3 fully saturated rings. The molecule has 1 unspecified atom stereocenters. The van der Waals surface area contributed by atoms with Gasteiger partial charge in [0.25, 0.3) is 0 Å².